The number of hydrogen-bond donors (Lipinski definition) is 1. The SMILES string of the molecule is COc1cc(CCN)oc1C. The van der Waals surface area contributed by atoms with Crippen molar-refractivity contribution >= 4 is 0 Å². The van der Waals surface area contributed by atoms with Crippen molar-refractivity contribution in [2.75, 3.05) is 13.7 Å². The van der Waals surface area contributed by atoms with Crippen molar-refractivity contribution in [3.63, 3.8) is 0 Å². The van der Waals surface area contributed by atoms with Crippen LogP contribution in [0.1, 0.15) is 11.5 Å². The maximum Gasteiger partial charge on any atom is 0.160 e. The molecule has 0 saturated carbocycles. The highest BCUT2D eigenvalue weighted by Crippen LogP contribution is 2.21. The molecule has 0 spiro atoms. The van der Waals surface area contributed by atoms with Gasteiger partial charge in [-0.25, -0.2) is 0 Å². The number of hydrogen-bond acceptors (Lipinski definition) is 3. The number of ether oxygens (including phenoxy) is 1. The van der Waals surface area contributed by atoms with Gasteiger partial charge in [-0.3, -0.25) is 0 Å². The van der Waals surface area contributed by atoms with E-state index in [4.69, 9.17) is 14.9 Å². The fourth-order valence-electron chi connectivity index (χ4n) is 0.992. The zero-order chi connectivity index (χ0) is 8.27. The fraction of sp³-hybridized carbons (Fsp3) is 0.500. The quantitative estimate of drug-likeness (QED) is 0.711. The molecule has 0 fully saturated rings. The summed E-state index contributed by atoms with van der Waals surface area (Å²) in [5.41, 5.74) is 5.36. The van der Waals surface area contributed by atoms with E-state index in [1.54, 1.807) is 7.11 Å². The van der Waals surface area contributed by atoms with Gasteiger partial charge in [0.1, 0.15) is 11.5 Å². The van der Waals surface area contributed by atoms with Gasteiger partial charge in [-0.2, -0.15) is 0 Å². The van der Waals surface area contributed by atoms with Crippen LogP contribution < -0.4 is 10.5 Å². The van der Waals surface area contributed by atoms with E-state index in [0.29, 0.717) is 6.54 Å². The molecule has 11 heavy (non-hydrogen) atoms. The average molecular weight is 155 g/mol. The van der Waals surface area contributed by atoms with Gasteiger partial charge in [0.25, 0.3) is 0 Å². The summed E-state index contributed by atoms with van der Waals surface area (Å²) < 4.78 is 10.4. The second kappa shape index (κ2) is 3.44. The Balaban J connectivity index is 2.77. The van der Waals surface area contributed by atoms with E-state index in [1.807, 2.05) is 13.0 Å². The lowest BCUT2D eigenvalue weighted by atomic mass is 10.3. The first-order valence-corrected chi connectivity index (χ1v) is 3.61. The minimum Gasteiger partial charge on any atom is -0.493 e. The molecule has 1 aromatic rings. The van der Waals surface area contributed by atoms with Crippen molar-refractivity contribution in [3.05, 3.63) is 17.6 Å². The zero-order valence-corrected chi connectivity index (χ0v) is 6.89. The third kappa shape index (κ3) is 1.74. The van der Waals surface area contributed by atoms with Crippen molar-refractivity contribution < 1.29 is 9.15 Å². The van der Waals surface area contributed by atoms with Crippen molar-refractivity contribution in [2.45, 2.75) is 13.3 Å². The van der Waals surface area contributed by atoms with Crippen LogP contribution in [-0.4, -0.2) is 13.7 Å². The molecular weight excluding hydrogens is 142 g/mol. The maximum atomic E-state index is 5.36. The second-order valence-electron chi connectivity index (χ2n) is 2.38. The molecule has 2 N–H and O–H groups in total. The summed E-state index contributed by atoms with van der Waals surface area (Å²) in [6.07, 6.45) is 0.768. The smallest absolute Gasteiger partial charge is 0.160 e. The molecule has 0 atom stereocenters. The summed E-state index contributed by atoms with van der Waals surface area (Å²) >= 11 is 0. The molecule has 0 unspecified atom stereocenters. The van der Waals surface area contributed by atoms with E-state index in [2.05, 4.69) is 0 Å². The first-order valence-electron chi connectivity index (χ1n) is 3.61. The Morgan fingerprint density at radius 2 is 2.36 bits per heavy atom. The highest BCUT2D eigenvalue weighted by atomic mass is 16.5. The molecule has 0 amide bonds. The Morgan fingerprint density at radius 3 is 2.82 bits per heavy atom. The van der Waals surface area contributed by atoms with Crippen LogP contribution in [0.25, 0.3) is 0 Å². The van der Waals surface area contributed by atoms with Gasteiger partial charge in [0.15, 0.2) is 5.75 Å². The van der Waals surface area contributed by atoms with E-state index >= 15 is 0 Å². The van der Waals surface area contributed by atoms with Crippen LogP contribution in [0, 0.1) is 6.92 Å². The number of furan rings is 1. The molecule has 0 saturated heterocycles. The summed E-state index contributed by atoms with van der Waals surface area (Å²) in [6.45, 7) is 2.48. The number of rotatable bonds is 3. The van der Waals surface area contributed by atoms with Crippen molar-refractivity contribution in [1.29, 1.82) is 0 Å². The van der Waals surface area contributed by atoms with Crippen LogP contribution in [0.2, 0.25) is 0 Å². The van der Waals surface area contributed by atoms with E-state index in [0.717, 1.165) is 23.7 Å². The molecule has 3 heteroatoms. The van der Waals surface area contributed by atoms with Crippen LogP contribution >= 0.6 is 0 Å². The first-order chi connectivity index (χ1) is 5.27. The normalized spacial score (nSPS) is 10.1. The molecule has 1 aromatic heterocycles. The van der Waals surface area contributed by atoms with Crippen LogP contribution in [0.15, 0.2) is 10.5 Å². The summed E-state index contributed by atoms with van der Waals surface area (Å²) in [5, 5.41) is 0. The van der Waals surface area contributed by atoms with Crippen LogP contribution in [0.5, 0.6) is 5.75 Å². The lowest BCUT2D eigenvalue weighted by Gasteiger charge is -1.91. The summed E-state index contributed by atoms with van der Waals surface area (Å²) in [6, 6.07) is 1.88. The van der Waals surface area contributed by atoms with Crippen LogP contribution in [-0.2, 0) is 6.42 Å². The van der Waals surface area contributed by atoms with Gasteiger partial charge in [-0.05, 0) is 13.5 Å². The van der Waals surface area contributed by atoms with E-state index < -0.39 is 0 Å². The predicted molar refractivity (Wildman–Crippen MR) is 42.8 cm³/mol. The topological polar surface area (TPSA) is 48.4 Å². The van der Waals surface area contributed by atoms with Gasteiger partial charge in [0.2, 0.25) is 0 Å². The van der Waals surface area contributed by atoms with E-state index in [1.165, 1.54) is 0 Å². The fourth-order valence-corrected chi connectivity index (χ4v) is 0.992. The zero-order valence-electron chi connectivity index (χ0n) is 6.89. The molecule has 0 aromatic carbocycles. The number of nitrogens with two attached hydrogens (primary N) is 1. The standard InChI is InChI=1S/C8H13NO2/c1-6-8(10-2)5-7(11-6)3-4-9/h5H,3-4,9H2,1-2H3. The average Bonchev–Trinajstić information content (AvgIpc) is 2.32. The van der Waals surface area contributed by atoms with Gasteiger partial charge in [0, 0.05) is 12.5 Å². The maximum absolute atomic E-state index is 5.36. The third-order valence-corrected chi connectivity index (χ3v) is 1.53. The Kier molecular flexibility index (Phi) is 2.54. The Bertz CT molecular complexity index is 230. The minimum atomic E-state index is 0.607. The molecule has 0 aliphatic carbocycles. The van der Waals surface area contributed by atoms with Gasteiger partial charge >= 0.3 is 0 Å². The molecule has 0 bridgehead atoms. The van der Waals surface area contributed by atoms with Gasteiger partial charge < -0.3 is 14.9 Å². The van der Waals surface area contributed by atoms with E-state index in [9.17, 15) is 0 Å². The van der Waals surface area contributed by atoms with Crippen molar-refractivity contribution in [3.8, 4) is 5.75 Å². The van der Waals surface area contributed by atoms with Crippen LogP contribution in [0.3, 0.4) is 0 Å². The molecule has 0 radical (unpaired) electrons. The van der Waals surface area contributed by atoms with Crippen molar-refractivity contribution in [1.82, 2.24) is 0 Å². The molecule has 0 aliphatic rings. The lowest BCUT2D eigenvalue weighted by molar-refractivity contribution is 0.394. The summed E-state index contributed by atoms with van der Waals surface area (Å²) in [7, 11) is 1.63. The molecule has 3 nitrogen and oxygen atoms in total. The molecule has 1 rings (SSSR count). The number of methoxy groups -OCH3 is 1. The molecule has 1 heterocycles. The molecular formula is C8H13NO2. The second-order valence-corrected chi connectivity index (χ2v) is 2.38. The highest BCUT2D eigenvalue weighted by molar-refractivity contribution is 5.27. The minimum absolute atomic E-state index is 0.607. The number of aryl methyl sites for hydroxylation is 1. The first kappa shape index (κ1) is 8.14. The van der Waals surface area contributed by atoms with Gasteiger partial charge in [0.05, 0.1) is 7.11 Å². The summed E-state index contributed by atoms with van der Waals surface area (Å²) in [5.74, 6) is 2.51. The van der Waals surface area contributed by atoms with Crippen LogP contribution in [0.4, 0.5) is 0 Å². The van der Waals surface area contributed by atoms with E-state index in [-0.39, 0.29) is 0 Å². The summed E-state index contributed by atoms with van der Waals surface area (Å²) in [4.78, 5) is 0. The Labute approximate surface area is 66.1 Å². The largest absolute Gasteiger partial charge is 0.493 e. The Hall–Kier alpha value is -0.960. The van der Waals surface area contributed by atoms with Crippen molar-refractivity contribution in [2.24, 2.45) is 5.73 Å². The Morgan fingerprint density at radius 1 is 1.64 bits per heavy atom. The monoisotopic (exact) mass is 155 g/mol. The van der Waals surface area contributed by atoms with Gasteiger partial charge in [-0.1, -0.05) is 0 Å². The highest BCUT2D eigenvalue weighted by Gasteiger charge is 2.05. The molecule has 62 valence electrons. The molecule has 0 aliphatic heterocycles. The predicted octanol–water partition coefficient (Wildman–Crippen LogP) is 1.10. The lowest BCUT2D eigenvalue weighted by Crippen LogP contribution is -2.01. The third-order valence-electron chi connectivity index (χ3n) is 1.53. The van der Waals surface area contributed by atoms with Gasteiger partial charge in [-0.15, -0.1) is 0 Å².